The second-order valence-corrected chi connectivity index (χ2v) is 8.29. The Morgan fingerprint density at radius 2 is 1.88 bits per heavy atom. The molecule has 0 atom stereocenters. The number of carbonyl (C=O) groups is 1. The number of hydrogen-bond donors (Lipinski definition) is 1. The Kier molecular flexibility index (Phi) is 6.38. The normalized spacial score (nSPS) is 11.4. The van der Waals surface area contributed by atoms with Crippen LogP contribution in [0.1, 0.15) is 15.9 Å². The van der Waals surface area contributed by atoms with Crippen molar-refractivity contribution in [3.8, 4) is 5.75 Å². The molecule has 2 aromatic rings. The van der Waals surface area contributed by atoms with Gasteiger partial charge in [0.25, 0.3) is 5.91 Å². The third kappa shape index (κ3) is 5.06. The number of hydrazone groups is 1. The number of benzene rings is 2. The topological polar surface area (TPSA) is 88.1 Å². The minimum atomic E-state index is -3.35. The largest absolute Gasteiger partial charge is 0.496 e. The number of hydrogen-bond acceptors (Lipinski definition) is 5. The molecule has 2 aromatic carbocycles. The molecule has 0 aliphatic rings. The Bertz CT molecular complexity index is 928. The van der Waals surface area contributed by atoms with Gasteiger partial charge in [0.05, 0.1) is 25.3 Å². The molecule has 0 saturated heterocycles. The van der Waals surface area contributed by atoms with E-state index in [1.165, 1.54) is 25.4 Å². The fraction of sp³-hybridized carbons (Fsp3) is 0.176. The monoisotopic (exact) mass is 439 g/mol. The number of halogens is 1. The van der Waals surface area contributed by atoms with Crippen molar-refractivity contribution in [1.82, 2.24) is 5.43 Å². The molecule has 7 nitrogen and oxygen atoms in total. The van der Waals surface area contributed by atoms with Crippen molar-refractivity contribution in [3.05, 3.63) is 58.1 Å². The molecular weight excluding hydrogens is 422 g/mol. The van der Waals surface area contributed by atoms with Crippen LogP contribution < -0.4 is 14.5 Å². The number of carbonyl (C=O) groups excluding carboxylic acids is 1. The Labute approximate surface area is 160 Å². The van der Waals surface area contributed by atoms with E-state index in [0.717, 1.165) is 15.0 Å². The molecule has 9 heteroatoms. The highest BCUT2D eigenvalue weighted by Gasteiger charge is 2.12. The van der Waals surface area contributed by atoms with Gasteiger partial charge in [-0.25, -0.2) is 13.8 Å². The van der Waals surface area contributed by atoms with Crippen LogP contribution in [0.25, 0.3) is 0 Å². The minimum Gasteiger partial charge on any atom is -0.496 e. The van der Waals surface area contributed by atoms with Crippen LogP contribution in [-0.4, -0.2) is 41.0 Å². The summed E-state index contributed by atoms with van der Waals surface area (Å²) in [6.45, 7) is 0. The molecule has 0 unspecified atom stereocenters. The smallest absolute Gasteiger partial charge is 0.271 e. The molecule has 0 aromatic heterocycles. The lowest BCUT2D eigenvalue weighted by molar-refractivity contribution is 0.0955. The predicted molar refractivity (Wildman–Crippen MR) is 105 cm³/mol. The number of methoxy groups -OCH3 is 1. The van der Waals surface area contributed by atoms with E-state index in [1.54, 1.807) is 25.3 Å². The summed E-state index contributed by atoms with van der Waals surface area (Å²) in [5.41, 5.74) is 3.95. The first-order chi connectivity index (χ1) is 12.2. The van der Waals surface area contributed by atoms with Gasteiger partial charge in [0.2, 0.25) is 10.0 Å². The van der Waals surface area contributed by atoms with Crippen molar-refractivity contribution in [2.75, 3.05) is 24.7 Å². The van der Waals surface area contributed by atoms with Crippen LogP contribution in [0.2, 0.25) is 0 Å². The van der Waals surface area contributed by atoms with E-state index in [-0.39, 0.29) is 0 Å². The first-order valence-electron chi connectivity index (χ1n) is 7.43. The molecule has 0 bridgehead atoms. The maximum atomic E-state index is 12.1. The molecule has 0 heterocycles. The SMILES string of the molecule is COc1ccc(Br)cc1/C=N\NC(=O)c1ccc(N(C)S(C)(=O)=O)cc1. The van der Waals surface area contributed by atoms with Crippen molar-refractivity contribution in [2.45, 2.75) is 0 Å². The summed E-state index contributed by atoms with van der Waals surface area (Å²) in [5.74, 6) is 0.211. The van der Waals surface area contributed by atoms with Gasteiger partial charge in [-0.3, -0.25) is 9.10 Å². The van der Waals surface area contributed by atoms with E-state index < -0.39 is 15.9 Å². The predicted octanol–water partition coefficient (Wildman–Crippen LogP) is 2.62. The first-order valence-corrected chi connectivity index (χ1v) is 10.1. The molecule has 26 heavy (non-hydrogen) atoms. The van der Waals surface area contributed by atoms with Crippen LogP contribution in [-0.2, 0) is 10.0 Å². The average molecular weight is 440 g/mol. The third-order valence-electron chi connectivity index (χ3n) is 3.55. The second kappa shape index (κ2) is 8.33. The maximum Gasteiger partial charge on any atom is 0.271 e. The van der Waals surface area contributed by atoms with Gasteiger partial charge in [-0.05, 0) is 42.5 Å². The van der Waals surface area contributed by atoms with Crippen molar-refractivity contribution in [1.29, 1.82) is 0 Å². The number of anilines is 1. The van der Waals surface area contributed by atoms with Gasteiger partial charge in [0, 0.05) is 22.6 Å². The lowest BCUT2D eigenvalue weighted by atomic mass is 10.2. The average Bonchev–Trinajstić information content (AvgIpc) is 2.60. The second-order valence-electron chi connectivity index (χ2n) is 5.36. The van der Waals surface area contributed by atoms with E-state index in [0.29, 0.717) is 22.6 Å². The summed E-state index contributed by atoms with van der Waals surface area (Å²) in [5, 5.41) is 3.93. The molecule has 0 spiro atoms. The molecule has 138 valence electrons. The summed E-state index contributed by atoms with van der Waals surface area (Å²) in [4.78, 5) is 12.1. The van der Waals surface area contributed by atoms with Crippen molar-refractivity contribution >= 4 is 43.8 Å². The summed E-state index contributed by atoms with van der Waals surface area (Å²) < 4.78 is 30.2. The summed E-state index contributed by atoms with van der Waals surface area (Å²) in [7, 11) is -0.356. The van der Waals surface area contributed by atoms with Crippen LogP contribution in [0.4, 0.5) is 5.69 Å². The van der Waals surface area contributed by atoms with Gasteiger partial charge in [0.15, 0.2) is 0 Å². The summed E-state index contributed by atoms with van der Waals surface area (Å²) in [6.07, 6.45) is 2.59. The van der Waals surface area contributed by atoms with Gasteiger partial charge < -0.3 is 4.74 Å². The number of ether oxygens (including phenoxy) is 1. The first kappa shape index (κ1) is 19.9. The quantitative estimate of drug-likeness (QED) is 0.553. The van der Waals surface area contributed by atoms with Crippen LogP contribution in [0, 0.1) is 0 Å². The highest BCUT2D eigenvalue weighted by molar-refractivity contribution is 9.10. The van der Waals surface area contributed by atoms with Crippen molar-refractivity contribution in [3.63, 3.8) is 0 Å². The minimum absolute atomic E-state index is 0.356. The highest BCUT2D eigenvalue weighted by Crippen LogP contribution is 2.21. The zero-order valence-electron chi connectivity index (χ0n) is 14.4. The lowest BCUT2D eigenvalue weighted by Gasteiger charge is -2.16. The van der Waals surface area contributed by atoms with E-state index in [1.807, 2.05) is 12.1 Å². The zero-order chi connectivity index (χ0) is 19.3. The zero-order valence-corrected chi connectivity index (χ0v) is 16.8. The van der Waals surface area contributed by atoms with Crippen LogP contribution >= 0.6 is 15.9 Å². The fourth-order valence-electron chi connectivity index (χ4n) is 2.05. The molecule has 1 amide bonds. The van der Waals surface area contributed by atoms with E-state index in [9.17, 15) is 13.2 Å². The molecule has 2 rings (SSSR count). The molecule has 0 aliphatic carbocycles. The van der Waals surface area contributed by atoms with Crippen LogP contribution in [0.3, 0.4) is 0 Å². The van der Waals surface area contributed by atoms with E-state index in [2.05, 4.69) is 26.5 Å². The van der Waals surface area contributed by atoms with Gasteiger partial charge >= 0.3 is 0 Å². The third-order valence-corrected chi connectivity index (χ3v) is 5.25. The number of rotatable bonds is 6. The van der Waals surface area contributed by atoms with Crippen LogP contribution in [0.5, 0.6) is 5.75 Å². The van der Waals surface area contributed by atoms with E-state index in [4.69, 9.17) is 4.74 Å². The number of sulfonamides is 1. The van der Waals surface area contributed by atoms with Crippen molar-refractivity contribution in [2.24, 2.45) is 5.10 Å². The van der Waals surface area contributed by atoms with Gasteiger partial charge in [-0.15, -0.1) is 0 Å². The van der Waals surface area contributed by atoms with Crippen molar-refractivity contribution < 1.29 is 17.9 Å². The highest BCUT2D eigenvalue weighted by atomic mass is 79.9. The molecule has 0 aliphatic heterocycles. The van der Waals surface area contributed by atoms with Gasteiger partial charge in [-0.1, -0.05) is 15.9 Å². The van der Waals surface area contributed by atoms with Gasteiger partial charge in [-0.2, -0.15) is 5.10 Å². The molecular formula is C17H18BrN3O4S. The molecule has 1 N–H and O–H groups in total. The Hall–Kier alpha value is -2.39. The number of nitrogens with zero attached hydrogens (tertiary/aromatic N) is 2. The fourth-order valence-corrected chi connectivity index (χ4v) is 2.93. The van der Waals surface area contributed by atoms with E-state index >= 15 is 0 Å². The summed E-state index contributed by atoms with van der Waals surface area (Å²) in [6, 6.07) is 11.6. The number of amides is 1. The lowest BCUT2D eigenvalue weighted by Crippen LogP contribution is -2.25. The standard InChI is InChI=1S/C17H18BrN3O4S/c1-21(26(3,23)24)15-7-4-12(5-8-15)17(22)20-19-11-13-10-14(18)6-9-16(13)25-2/h4-11H,1-3H3,(H,20,22)/b19-11-. The molecule has 0 radical (unpaired) electrons. The molecule has 0 saturated carbocycles. The van der Waals surface area contributed by atoms with Gasteiger partial charge in [0.1, 0.15) is 5.75 Å². The van der Waals surface area contributed by atoms with Crippen LogP contribution in [0.15, 0.2) is 52.0 Å². The Morgan fingerprint density at radius 1 is 1.23 bits per heavy atom. The maximum absolute atomic E-state index is 12.1. The Morgan fingerprint density at radius 3 is 2.46 bits per heavy atom. The Balaban J connectivity index is 2.08. The molecule has 0 fully saturated rings. The number of nitrogens with one attached hydrogen (secondary N) is 1. The summed E-state index contributed by atoms with van der Waals surface area (Å²) >= 11 is 3.36.